The molecule has 0 fully saturated rings. The number of benzene rings is 7. The van der Waals surface area contributed by atoms with Gasteiger partial charge in [-0.25, -0.2) is 0 Å². The fourth-order valence-electron chi connectivity index (χ4n) is 8.39. The lowest BCUT2D eigenvalue weighted by molar-refractivity contribution is 0.641. The molecule has 53 heavy (non-hydrogen) atoms. The number of hydrogen-bond donors (Lipinski definition) is 0. The molecule has 0 aliphatic heterocycles. The quantitative estimate of drug-likeness (QED) is 0.158. The predicted octanol–water partition coefficient (Wildman–Crippen LogP) is 13.5. The second-order valence-corrected chi connectivity index (χ2v) is 15.6. The van der Waals surface area contributed by atoms with Crippen molar-refractivity contribution in [3.05, 3.63) is 198 Å². The van der Waals surface area contributed by atoms with Gasteiger partial charge in [-0.3, -0.25) is 0 Å². The summed E-state index contributed by atoms with van der Waals surface area (Å²) in [6.07, 6.45) is 1.90. The summed E-state index contributed by atoms with van der Waals surface area (Å²) in [5, 5.41) is 5.06. The van der Waals surface area contributed by atoms with Gasteiger partial charge in [0.05, 0.1) is 22.1 Å². The van der Waals surface area contributed by atoms with Crippen LogP contribution in [0.1, 0.15) is 61.1 Å². The molecule has 0 unspecified atom stereocenters. The summed E-state index contributed by atoms with van der Waals surface area (Å²) >= 11 is 0. The van der Waals surface area contributed by atoms with Gasteiger partial charge in [-0.1, -0.05) is 149 Å². The van der Waals surface area contributed by atoms with Crippen LogP contribution in [0.3, 0.4) is 0 Å². The zero-order chi connectivity index (χ0) is 36.5. The first-order valence-corrected chi connectivity index (χ1v) is 18.6. The molecule has 2 heteroatoms. The molecule has 0 N–H and O–H groups in total. The van der Waals surface area contributed by atoms with Crippen LogP contribution in [0.2, 0.25) is 0 Å². The molecule has 0 aliphatic carbocycles. The largest absolute Gasteiger partial charge is 0.309 e. The van der Waals surface area contributed by atoms with E-state index in [9.17, 15) is 0 Å². The Balaban J connectivity index is 1.19. The van der Waals surface area contributed by atoms with Gasteiger partial charge >= 0.3 is 0 Å². The highest BCUT2D eigenvalue weighted by Gasteiger charge is 2.26. The zero-order valence-corrected chi connectivity index (χ0v) is 31.2. The molecule has 0 saturated heterocycles. The van der Waals surface area contributed by atoms with Crippen molar-refractivity contribution in [2.75, 3.05) is 0 Å². The number of aromatic nitrogens is 2. The summed E-state index contributed by atoms with van der Waals surface area (Å²) in [5.41, 5.74) is 14.5. The van der Waals surface area contributed by atoms with Crippen LogP contribution in [0.5, 0.6) is 0 Å². The van der Waals surface area contributed by atoms with Gasteiger partial charge in [0.15, 0.2) is 0 Å². The lowest BCUT2D eigenvalue weighted by Crippen LogP contribution is -2.18. The Hall–Kier alpha value is -6.12. The number of nitrogens with zero attached hydrogens (tertiary/aromatic N) is 2. The molecule has 2 heterocycles. The van der Waals surface area contributed by atoms with Crippen molar-refractivity contribution < 1.29 is 0 Å². The van der Waals surface area contributed by atoms with Gasteiger partial charge in [0.25, 0.3) is 0 Å². The summed E-state index contributed by atoms with van der Waals surface area (Å²) in [6.45, 7) is 15.4. The Bertz CT molecular complexity index is 2840. The van der Waals surface area contributed by atoms with Gasteiger partial charge in [0.1, 0.15) is 0 Å². The van der Waals surface area contributed by atoms with E-state index in [4.69, 9.17) is 0 Å². The lowest BCUT2D eigenvalue weighted by atomic mass is 9.77. The Kier molecular flexibility index (Phi) is 7.57. The molecule has 0 radical (unpaired) electrons. The Morgan fingerprint density at radius 3 is 1.30 bits per heavy atom. The molecule has 0 spiro atoms. The summed E-state index contributed by atoms with van der Waals surface area (Å²) in [5.74, 6) is 0. The summed E-state index contributed by atoms with van der Waals surface area (Å²) < 4.78 is 4.86. The highest BCUT2D eigenvalue weighted by Crippen LogP contribution is 2.40. The van der Waals surface area contributed by atoms with Gasteiger partial charge in [-0.05, 0) is 89.3 Å². The van der Waals surface area contributed by atoms with Gasteiger partial charge in [-0.2, -0.15) is 0 Å². The van der Waals surface area contributed by atoms with Crippen molar-refractivity contribution in [2.24, 2.45) is 0 Å². The highest BCUT2D eigenvalue weighted by atomic mass is 15.0. The van der Waals surface area contributed by atoms with E-state index in [1.54, 1.807) is 0 Å². The maximum absolute atomic E-state index is 3.94. The Labute approximate surface area is 312 Å². The molecule has 2 nitrogen and oxygen atoms in total. The maximum Gasteiger partial charge on any atom is 0.0541 e. The fraction of sp³-hybridized carbons (Fsp3) is 0.137. The topological polar surface area (TPSA) is 9.86 Å². The third-order valence-electron chi connectivity index (χ3n) is 11.8. The number of fused-ring (bicyclic) bond motifs is 6. The predicted molar refractivity (Wildman–Crippen MR) is 227 cm³/mol. The third-order valence-corrected chi connectivity index (χ3v) is 11.8. The molecule has 0 aliphatic rings. The minimum atomic E-state index is -0.164. The second kappa shape index (κ2) is 12.2. The van der Waals surface area contributed by atoms with Crippen molar-refractivity contribution >= 4 is 49.7 Å². The van der Waals surface area contributed by atoms with Crippen molar-refractivity contribution in [2.45, 2.75) is 45.4 Å². The first-order valence-electron chi connectivity index (χ1n) is 18.6. The van der Waals surface area contributed by atoms with Gasteiger partial charge in [0.2, 0.25) is 0 Å². The lowest BCUT2D eigenvalue weighted by Gasteiger charge is -2.26. The monoisotopic (exact) mass is 684 g/mol. The van der Waals surface area contributed by atoms with E-state index in [2.05, 4.69) is 208 Å². The van der Waals surface area contributed by atoms with E-state index in [0.717, 1.165) is 16.9 Å². The van der Waals surface area contributed by atoms with Crippen LogP contribution in [0, 0.1) is 6.92 Å². The maximum atomic E-state index is 3.94. The first-order chi connectivity index (χ1) is 25.6. The highest BCUT2D eigenvalue weighted by molar-refractivity contribution is 6.11. The third kappa shape index (κ3) is 5.24. The second-order valence-electron chi connectivity index (χ2n) is 15.6. The van der Waals surface area contributed by atoms with Crippen molar-refractivity contribution in [1.29, 1.82) is 0 Å². The molecule has 9 aromatic rings. The molecule has 0 bridgehead atoms. The molecule has 9 rings (SSSR count). The number of rotatable bonds is 7. The number of hydrogen-bond acceptors (Lipinski definition) is 0. The zero-order valence-electron chi connectivity index (χ0n) is 31.2. The first kappa shape index (κ1) is 32.8. The molecule has 7 aromatic carbocycles. The summed E-state index contributed by atoms with van der Waals surface area (Å²) in [4.78, 5) is 0. The van der Waals surface area contributed by atoms with Crippen LogP contribution in [-0.4, -0.2) is 9.13 Å². The van der Waals surface area contributed by atoms with E-state index in [1.807, 2.05) is 6.08 Å². The van der Waals surface area contributed by atoms with Gasteiger partial charge in [-0.15, -0.1) is 0 Å². The van der Waals surface area contributed by atoms with E-state index in [-0.39, 0.29) is 10.8 Å². The standard InChI is InChI=1S/C51H44N2/c1-7-35-21-25-37(26-22-35)51(5,6)39-28-30-49-45(32-39)43-16-9-11-18-47(43)53(49)41-14-12-13-40(33-41)52-46-17-10-8-15-42(46)44-31-38(27-29-48(44)52)50(3,4)36-23-19-34(2)20-24-36/h7-33H,1H2,2-6H3. The van der Waals surface area contributed by atoms with E-state index in [1.165, 1.54) is 71.4 Å². The number of aryl methyl sites for hydroxylation is 1. The minimum Gasteiger partial charge on any atom is -0.309 e. The van der Waals surface area contributed by atoms with Crippen molar-refractivity contribution in [3.8, 4) is 11.4 Å². The van der Waals surface area contributed by atoms with Gasteiger partial charge in [0, 0.05) is 43.7 Å². The summed E-state index contributed by atoms with van der Waals surface area (Å²) in [7, 11) is 0. The van der Waals surface area contributed by atoms with Crippen LogP contribution >= 0.6 is 0 Å². The SMILES string of the molecule is C=Cc1ccc(C(C)(C)c2ccc3c(c2)c2ccccc2n3-c2cccc(-n3c4ccccc4c4cc(C(C)(C)c5ccc(C)cc5)ccc43)c2)cc1. The molecule has 258 valence electrons. The minimum absolute atomic E-state index is 0.132. The Morgan fingerprint density at radius 2 is 0.830 bits per heavy atom. The van der Waals surface area contributed by atoms with Crippen LogP contribution in [0.25, 0.3) is 61.1 Å². The van der Waals surface area contributed by atoms with Crippen LogP contribution in [0.4, 0.5) is 0 Å². The molecule has 0 amide bonds. The summed E-state index contributed by atoms with van der Waals surface area (Å²) in [6, 6.07) is 58.5. The molecular formula is C51H44N2. The normalized spacial score (nSPS) is 12.3. The van der Waals surface area contributed by atoms with Crippen molar-refractivity contribution in [1.82, 2.24) is 9.13 Å². The van der Waals surface area contributed by atoms with Crippen LogP contribution in [0.15, 0.2) is 164 Å². The van der Waals surface area contributed by atoms with E-state index in [0.29, 0.717) is 0 Å². The average molecular weight is 685 g/mol. The molecule has 0 saturated carbocycles. The van der Waals surface area contributed by atoms with E-state index >= 15 is 0 Å². The number of para-hydroxylation sites is 2. The van der Waals surface area contributed by atoms with Crippen LogP contribution in [-0.2, 0) is 10.8 Å². The van der Waals surface area contributed by atoms with Crippen LogP contribution < -0.4 is 0 Å². The van der Waals surface area contributed by atoms with Gasteiger partial charge < -0.3 is 9.13 Å². The average Bonchev–Trinajstić information content (AvgIpc) is 3.70. The molecule has 2 aromatic heterocycles. The molecule has 0 atom stereocenters. The fourth-order valence-corrected chi connectivity index (χ4v) is 8.39. The van der Waals surface area contributed by atoms with Crippen molar-refractivity contribution in [3.63, 3.8) is 0 Å². The smallest absolute Gasteiger partial charge is 0.0541 e. The Morgan fingerprint density at radius 1 is 0.415 bits per heavy atom. The van der Waals surface area contributed by atoms with E-state index < -0.39 is 0 Å². The molecular weight excluding hydrogens is 641 g/mol.